The fraction of sp³-hybridized carbons (Fsp3) is 0.308. The Morgan fingerprint density at radius 3 is 2.21 bits per heavy atom. The van der Waals surface area contributed by atoms with Gasteiger partial charge in [0.2, 0.25) is 0 Å². The molecule has 0 unspecified atom stereocenters. The van der Waals surface area contributed by atoms with E-state index in [0.29, 0.717) is 11.9 Å². The summed E-state index contributed by atoms with van der Waals surface area (Å²) in [5.74, 6) is -1.62. The molecule has 4 rings (SSSR count). The lowest BCUT2D eigenvalue weighted by Crippen LogP contribution is -2.20. The third-order valence-corrected chi connectivity index (χ3v) is 5.69. The van der Waals surface area contributed by atoms with Crippen molar-refractivity contribution < 1.29 is 32.6 Å². The van der Waals surface area contributed by atoms with Gasteiger partial charge in [0.25, 0.3) is 11.9 Å². The molecule has 2 aromatic heterocycles. The number of nitrogens with zero attached hydrogens (tertiary/aromatic N) is 4. The quantitative estimate of drug-likeness (QED) is 0.402. The first kappa shape index (κ1) is 29.0. The van der Waals surface area contributed by atoms with Crippen molar-refractivity contribution in [3.63, 3.8) is 0 Å². The smallest absolute Gasteiger partial charge is 0.417 e. The lowest BCUT2D eigenvalue weighted by molar-refractivity contribution is -0.137. The van der Waals surface area contributed by atoms with Crippen LogP contribution in [0.15, 0.2) is 60.0 Å². The van der Waals surface area contributed by atoms with Crippen LogP contribution in [0.1, 0.15) is 58.1 Å². The fourth-order valence-electron chi connectivity index (χ4n) is 3.48. The first-order chi connectivity index (χ1) is 18.5. The molecule has 0 saturated carbocycles. The van der Waals surface area contributed by atoms with E-state index in [1.807, 2.05) is 26.0 Å². The molecule has 39 heavy (non-hydrogen) atoms. The summed E-state index contributed by atoms with van der Waals surface area (Å²) in [7, 11) is 0. The number of amidine groups is 1. The predicted molar refractivity (Wildman–Crippen MR) is 136 cm³/mol. The molecule has 206 valence electrons. The third-order valence-electron chi connectivity index (χ3n) is 5.69. The van der Waals surface area contributed by atoms with E-state index in [9.17, 15) is 22.8 Å². The molecule has 3 heterocycles. The summed E-state index contributed by atoms with van der Waals surface area (Å²) < 4.78 is 42.9. The van der Waals surface area contributed by atoms with Crippen molar-refractivity contribution in [3.05, 3.63) is 83.2 Å². The number of aliphatic imine (C=N–C) groups is 1. The molecule has 10 nitrogen and oxygen atoms in total. The Balaban J connectivity index is 0.000000320. The van der Waals surface area contributed by atoms with E-state index in [-0.39, 0.29) is 29.6 Å². The molecule has 1 aromatic carbocycles. The average Bonchev–Trinajstić information content (AvgIpc) is 3.24. The topological polar surface area (TPSA) is 153 Å². The van der Waals surface area contributed by atoms with Gasteiger partial charge in [-0.15, -0.1) is 0 Å². The number of anilines is 1. The third kappa shape index (κ3) is 8.48. The van der Waals surface area contributed by atoms with E-state index in [1.165, 1.54) is 12.4 Å². The lowest BCUT2D eigenvalue weighted by Gasteiger charge is -2.12. The van der Waals surface area contributed by atoms with Crippen LogP contribution in [0.5, 0.6) is 0 Å². The number of aromatic nitrogens is 3. The van der Waals surface area contributed by atoms with Crippen LogP contribution in [-0.2, 0) is 23.8 Å². The summed E-state index contributed by atoms with van der Waals surface area (Å²) in [6.45, 7) is 3.85. The maximum absolute atomic E-state index is 12.5. The lowest BCUT2D eigenvalue weighted by atomic mass is 10.0. The summed E-state index contributed by atoms with van der Waals surface area (Å²) >= 11 is 0. The molecular formula is C26H27F3N6O4. The number of carbonyl (C=O) groups is 2. The second kappa shape index (κ2) is 12.8. The Morgan fingerprint density at radius 2 is 1.72 bits per heavy atom. The van der Waals surface area contributed by atoms with Crippen LogP contribution < -0.4 is 11.1 Å². The Kier molecular flexibility index (Phi) is 9.52. The van der Waals surface area contributed by atoms with Gasteiger partial charge in [-0.3, -0.25) is 14.8 Å². The van der Waals surface area contributed by atoms with Crippen LogP contribution in [0.25, 0.3) is 0 Å². The first-order valence-corrected chi connectivity index (χ1v) is 11.9. The van der Waals surface area contributed by atoms with Crippen molar-refractivity contribution in [3.8, 4) is 0 Å². The molecule has 0 spiro atoms. The Labute approximate surface area is 222 Å². The highest BCUT2D eigenvalue weighted by Gasteiger charge is 2.31. The summed E-state index contributed by atoms with van der Waals surface area (Å²) in [5.41, 5.74) is 6.93. The number of hydrogen-bond donors (Lipinski definition) is 3. The number of nitrogens with two attached hydrogens (primary N) is 1. The Hall–Kier alpha value is -4.55. The average molecular weight is 545 g/mol. The van der Waals surface area contributed by atoms with Crippen LogP contribution in [0.2, 0.25) is 0 Å². The number of carboxylic acids is 1. The van der Waals surface area contributed by atoms with Crippen molar-refractivity contribution in [2.75, 3.05) is 5.32 Å². The summed E-state index contributed by atoms with van der Waals surface area (Å²) in [4.78, 5) is 37.8. The van der Waals surface area contributed by atoms with E-state index in [0.717, 1.165) is 42.7 Å². The van der Waals surface area contributed by atoms with Gasteiger partial charge in [-0.05, 0) is 56.0 Å². The fourth-order valence-corrected chi connectivity index (χ4v) is 3.48. The highest BCUT2D eigenvalue weighted by molar-refractivity contribution is 6.02. The zero-order valence-electron chi connectivity index (χ0n) is 21.1. The van der Waals surface area contributed by atoms with E-state index in [4.69, 9.17) is 15.6 Å². The van der Waals surface area contributed by atoms with Crippen LogP contribution >= 0.6 is 0 Å². The van der Waals surface area contributed by atoms with Gasteiger partial charge in [0.1, 0.15) is 11.8 Å². The number of hydrogen-bond acceptors (Lipinski definition) is 8. The molecule has 13 heteroatoms. The molecule has 0 bridgehead atoms. The van der Waals surface area contributed by atoms with Crippen LogP contribution in [0.4, 0.5) is 18.9 Å². The highest BCUT2D eigenvalue weighted by Crippen LogP contribution is 2.28. The van der Waals surface area contributed by atoms with Gasteiger partial charge in [-0.2, -0.15) is 13.2 Å². The van der Waals surface area contributed by atoms with E-state index < -0.39 is 23.6 Å². The number of nitrogens with one attached hydrogen (secondary N) is 1. The molecule has 2 atom stereocenters. The van der Waals surface area contributed by atoms with Crippen molar-refractivity contribution in [1.29, 1.82) is 0 Å². The number of aryl methyl sites for hydroxylation is 2. The summed E-state index contributed by atoms with van der Waals surface area (Å²) in [6.07, 6.45) is 1.16. The Bertz CT molecular complexity index is 1300. The summed E-state index contributed by atoms with van der Waals surface area (Å²) in [6, 6.07) is 9.29. The molecule has 1 aliphatic heterocycles. The molecule has 0 fully saturated rings. The van der Waals surface area contributed by atoms with E-state index in [2.05, 4.69) is 25.3 Å². The molecule has 0 aliphatic carbocycles. The van der Waals surface area contributed by atoms with Crippen molar-refractivity contribution in [2.24, 2.45) is 10.7 Å². The van der Waals surface area contributed by atoms with Gasteiger partial charge in [0, 0.05) is 18.1 Å². The number of carboxylic acid groups (broad SMARTS) is 1. The van der Waals surface area contributed by atoms with Crippen molar-refractivity contribution >= 4 is 23.6 Å². The van der Waals surface area contributed by atoms with Gasteiger partial charge in [0.05, 0.1) is 23.5 Å². The maximum Gasteiger partial charge on any atom is 0.417 e. The SMILES string of the molecule is CCc1cnc(C(=O)O)cn1.C[C@@H]1OC(N)=N[C@H]1CCc1ccc(NC(=O)c2ccc(C(F)(F)F)cn2)cc1. The molecule has 0 saturated heterocycles. The predicted octanol–water partition coefficient (Wildman–Crippen LogP) is 4.12. The van der Waals surface area contributed by atoms with Gasteiger partial charge in [-0.1, -0.05) is 19.1 Å². The molecule has 1 aliphatic rings. The largest absolute Gasteiger partial charge is 0.476 e. The number of pyridine rings is 1. The number of aromatic carboxylic acids is 1. The van der Waals surface area contributed by atoms with Crippen LogP contribution in [0, 0.1) is 0 Å². The second-order valence-corrected chi connectivity index (χ2v) is 8.53. The number of halogens is 3. The van der Waals surface area contributed by atoms with E-state index >= 15 is 0 Å². The van der Waals surface area contributed by atoms with Gasteiger partial charge < -0.3 is 20.9 Å². The number of ether oxygens (including phenoxy) is 1. The zero-order valence-corrected chi connectivity index (χ0v) is 21.1. The highest BCUT2D eigenvalue weighted by atomic mass is 19.4. The monoisotopic (exact) mass is 544 g/mol. The number of amides is 1. The molecule has 1 amide bonds. The van der Waals surface area contributed by atoms with Gasteiger partial charge in [-0.25, -0.2) is 14.8 Å². The molecule has 4 N–H and O–H groups in total. The maximum atomic E-state index is 12.5. The number of rotatable bonds is 7. The number of carbonyl (C=O) groups excluding carboxylic acids is 1. The van der Waals surface area contributed by atoms with Gasteiger partial charge in [0.15, 0.2) is 5.69 Å². The first-order valence-electron chi connectivity index (χ1n) is 11.9. The standard InChI is InChI=1S/C19H19F3N4O2.C7H8N2O2/c1-11-15(26-18(23)28-11)8-4-12-2-6-14(7-3-12)25-17(27)16-9-5-13(10-24-16)19(20,21)22;1-2-5-3-9-6(4-8-5)7(10)11/h2-3,5-7,9-11,15H,4,8H2,1H3,(H2,23,26)(H,25,27);3-4H,2H2,1H3,(H,10,11)/t11-,15-;/m0./s1. The molecule has 0 radical (unpaired) electrons. The summed E-state index contributed by atoms with van der Waals surface area (Å²) in [5, 5.41) is 11.1. The minimum atomic E-state index is -4.49. The van der Waals surface area contributed by atoms with Gasteiger partial charge >= 0.3 is 12.1 Å². The van der Waals surface area contributed by atoms with Crippen molar-refractivity contribution in [2.45, 2.75) is 51.4 Å². The normalized spacial score (nSPS) is 16.4. The van der Waals surface area contributed by atoms with Crippen molar-refractivity contribution in [1.82, 2.24) is 15.0 Å². The minimum Gasteiger partial charge on any atom is -0.476 e. The number of alkyl halides is 3. The molecule has 3 aromatic rings. The minimum absolute atomic E-state index is 0.0119. The second-order valence-electron chi connectivity index (χ2n) is 8.53. The van der Waals surface area contributed by atoms with Crippen LogP contribution in [-0.4, -0.2) is 50.1 Å². The molecular weight excluding hydrogens is 517 g/mol. The Morgan fingerprint density at radius 1 is 1.03 bits per heavy atom. The number of benzene rings is 1. The zero-order chi connectivity index (χ0) is 28.6. The van der Waals surface area contributed by atoms with E-state index in [1.54, 1.807) is 12.1 Å². The van der Waals surface area contributed by atoms with Crippen LogP contribution in [0.3, 0.4) is 0 Å².